The van der Waals surface area contributed by atoms with Crippen molar-refractivity contribution >= 4 is 11.3 Å². The lowest BCUT2D eigenvalue weighted by Gasteiger charge is -2.13. The Morgan fingerprint density at radius 2 is 1.89 bits per heavy atom. The van der Waals surface area contributed by atoms with Crippen LogP contribution in [0.1, 0.15) is 5.48 Å². The van der Waals surface area contributed by atoms with E-state index in [0.29, 0.717) is 0 Å². The zero-order chi connectivity index (χ0) is 9.69. The molecule has 9 heavy (non-hydrogen) atoms. The third kappa shape index (κ3) is 0.772. The van der Waals surface area contributed by atoms with Crippen molar-refractivity contribution in [1.29, 1.82) is 0 Å². The van der Waals surface area contributed by atoms with E-state index >= 15 is 0 Å². The molecule has 0 saturated heterocycles. The molecule has 48 valence electrons. The summed E-state index contributed by atoms with van der Waals surface area (Å²) in [6.07, 6.45) is 0. The highest BCUT2D eigenvalue weighted by molar-refractivity contribution is 7.08. The van der Waals surface area contributed by atoms with Gasteiger partial charge in [-0.2, -0.15) is 0 Å². The molecule has 2 rings (SSSR count). The maximum atomic E-state index is 7.25. The Bertz CT molecular complexity index is 305. The Kier molecular flexibility index (Phi) is 0.532. The second kappa shape index (κ2) is 1.92. The molecule has 0 saturated carbocycles. The first-order valence-electron chi connectivity index (χ1n) is 4.37. The fourth-order valence-corrected chi connectivity index (χ4v) is 1.22. The lowest BCUT2D eigenvalue weighted by atomic mass is 10.5. The van der Waals surface area contributed by atoms with Gasteiger partial charge >= 0.3 is 0 Å². The molecule has 0 N–H and O–H groups in total. The predicted octanol–water partition coefficient (Wildman–Crippen LogP) is 1.52. The molecule has 1 aliphatic rings. The van der Waals surface area contributed by atoms with E-state index in [1.807, 2.05) is 0 Å². The molecule has 0 aromatic carbocycles. The third-order valence-electron chi connectivity index (χ3n) is 0.957. The van der Waals surface area contributed by atoms with E-state index in [0.717, 1.165) is 0 Å². The minimum atomic E-state index is -2.44. The molecule has 0 spiro atoms. The van der Waals surface area contributed by atoms with Gasteiger partial charge in [0.05, 0.1) is 5.48 Å². The van der Waals surface area contributed by atoms with Gasteiger partial charge in [-0.25, -0.2) is 0 Å². The lowest BCUT2D eigenvalue weighted by Crippen LogP contribution is -2.13. The van der Waals surface area contributed by atoms with E-state index in [4.69, 9.17) is 15.0 Å². The van der Waals surface area contributed by atoms with Crippen LogP contribution in [0.2, 0.25) is 0 Å². The highest BCUT2D eigenvalue weighted by Gasteiger charge is 2.10. The minimum absolute atomic E-state index is 0.255. The van der Waals surface area contributed by atoms with Gasteiger partial charge in [0.25, 0.3) is 0 Å². The monoisotopic (exact) mass is 146 g/mol. The van der Waals surface area contributed by atoms with E-state index in [-0.39, 0.29) is 11.5 Å². The van der Waals surface area contributed by atoms with Crippen LogP contribution in [-0.4, -0.2) is 13.1 Å². The number of ether oxygens (including phenoxy) is 2. The van der Waals surface area contributed by atoms with Gasteiger partial charge in [-0.05, 0) is 0 Å². The molecule has 1 aliphatic heterocycles. The summed E-state index contributed by atoms with van der Waals surface area (Å²) in [4.78, 5) is 0. The summed E-state index contributed by atoms with van der Waals surface area (Å²) in [5, 5.41) is 3.14. The van der Waals surface area contributed by atoms with Gasteiger partial charge in [0.15, 0.2) is 11.5 Å². The maximum Gasteiger partial charge on any atom is 0.172 e. The van der Waals surface area contributed by atoms with Gasteiger partial charge in [-0.3, -0.25) is 0 Å². The van der Waals surface area contributed by atoms with Crippen LogP contribution in [0.4, 0.5) is 0 Å². The van der Waals surface area contributed by atoms with Gasteiger partial charge in [-0.15, -0.1) is 11.3 Å². The topological polar surface area (TPSA) is 18.5 Å². The fourth-order valence-electron chi connectivity index (χ4n) is 0.574. The standard InChI is InChI=1S/C6H6O2S/c1-2-8-6-4-9-3-5(6)7-1/h3-4H,1-2H2/i1D2,2D2. The maximum absolute atomic E-state index is 7.25. The summed E-state index contributed by atoms with van der Waals surface area (Å²) in [5.41, 5.74) is 0. The first-order valence-corrected chi connectivity index (χ1v) is 3.31. The summed E-state index contributed by atoms with van der Waals surface area (Å²) in [6, 6.07) is 0. The van der Waals surface area contributed by atoms with Crippen molar-refractivity contribution in [2.75, 3.05) is 13.1 Å². The summed E-state index contributed by atoms with van der Waals surface area (Å²) in [5.74, 6) is 0.509. The smallest absolute Gasteiger partial charge is 0.172 e. The quantitative estimate of drug-likeness (QED) is 0.552. The second-order valence-corrected chi connectivity index (χ2v) is 2.25. The lowest BCUT2D eigenvalue weighted by molar-refractivity contribution is 0.173. The highest BCUT2D eigenvalue weighted by atomic mass is 32.1. The number of hydrogen-bond donors (Lipinski definition) is 0. The molecule has 1 aromatic rings. The molecule has 2 heterocycles. The third-order valence-corrected chi connectivity index (χ3v) is 1.66. The zero-order valence-corrected chi connectivity index (χ0v) is 5.20. The predicted molar refractivity (Wildman–Crippen MR) is 35.3 cm³/mol. The van der Waals surface area contributed by atoms with Gasteiger partial charge in [0.1, 0.15) is 13.1 Å². The van der Waals surface area contributed by atoms with E-state index in [1.54, 1.807) is 10.8 Å². The fraction of sp³-hybridized carbons (Fsp3) is 0.333. The van der Waals surface area contributed by atoms with Crippen LogP contribution in [0.3, 0.4) is 0 Å². The normalized spacial score (nSPS) is 33.3. The van der Waals surface area contributed by atoms with Crippen molar-refractivity contribution in [3.05, 3.63) is 10.8 Å². The molecular weight excluding hydrogens is 136 g/mol. The van der Waals surface area contributed by atoms with Crippen molar-refractivity contribution < 1.29 is 15.0 Å². The highest BCUT2D eigenvalue weighted by Crippen LogP contribution is 2.33. The van der Waals surface area contributed by atoms with E-state index in [2.05, 4.69) is 0 Å². The first-order chi connectivity index (χ1) is 5.92. The summed E-state index contributed by atoms with van der Waals surface area (Å²) < 4.78 is 38.6. The van der Waals surface area contributed by atoms with Crippen LogP contribution in [-0.2, 0) is 0 Å². The molecule has 0 amide bonds. The van der Waals surface area contributed by atoms with Gasteiger partial charge in [0.2, 0.25) is 0 Å². The Balaban J connectivity index is 2.43. The average molecular weight is 146 g/mol. The molecule has 1 aromatic heterocycles. The minimum Gasteiger partial charge on any atom is -0.485 e. The Labute approximate surface area is 62.6 Å². The summed E-state index contributed by atoms with van der Waals surface area (Å²) in [6.45, 7) is -4.89. The Hall–Kier alpha value is -0.700. The van der Waals surface area contributed by atoms with Crippen LogP contribution in [0.15, 0.2) is 10.8 Å². The summed E-state index contributed by atoms with van der Waals surface area (Å²) >= 11 is 1.27. The molecule has 0 bridgehead atoms. The van der Waals surface area contributed by atoms with Crippen LogP contribution in [0, 0.1) is 0 Å². The Morgan fingerprint density at radius 3 is 2.44 bits per heavy atom. The van der Waals surface area contributed by atoms with E-state index < -0.39 is 13.1 Å². The molecule has 0 aliphatic carbocycles. The SMILES string of the molecule is [2H]C1([2H])Oc2cscc2OC1([2H])[2H]. The number of thiophene rings is 1. The molecule has 0 fully saturated rings. The molecular formula is C6H6O2S. The number of hydrogen-bond acceptors (Lipinski definition) is 3. The molecule has 3 heteroatoms. The van der Waals surface area contributed by atoms with E-state index in [9.17, 15) is 0 Å². The van der Waals surface area contributed by atoms with Crippen LogP contribution in [0.25, 0.3) is 0 Å². The van der Waals surface area contributed by atoms with Crippen molar-refractivity contribution in [3.63, 3.8) is 0 Å². The zero-order valence-electron chi connectivity index (χ0n) is 8.38. The number of rotatable bonds is 0. The largest absolute Gasteiger partial charge is 0.485 e. The van der Waals surface area contributed by atoms with Gasteiger partial charge in [0, 0.05) is 10.8 Å². The number of fused-ring (bicyclic) bond motifs is 1. The average Bonchev–Trinajstić information content (AvgIpc) is 2.33. The van der Waals surface area contributed by atoms with Crippen LogP contribution < -0.4 is 9.47 Å². The molecule has 0 unspecified atom stereocenters. The second-order valence-electron chi connectivity index (χ2n) is 1.51. The van der Waals surface area contributed by atoms with Gasteiger partial charge in [-0.1, -0.05) is 0 Å². The Morgan fingerprint density at radius 1 is 1.33 bits per heavy atom. The molecule has 0 atom stereocenters. The van der Waals surface area contributed by atoms with Crippen molar-refractivity contribution in [1.82, 2.24) is 0 Å². The first kappa shape index (κ1) is 2.50. The van der Waals surface area contributed by atoms with Crippen LogP contribution in [0.5, 0.6) is 11.5 Å². The van der Waals surface area contributed by atoms with Gasteiger partial charge < -0.3 is 9.47 Å². The van der Waals surface area contributed by atoms with Crippen molar-refractivity contribution in [3.8, 4) is 11.5 Å². The van der Waals surface area contributed by atoms with Crippen molar-refractivity contribution in [2.24, 2.45) is 0 Å². The van der Waals surface area contributed by atoms with E-state index in [1.165, 1.54) is 11.3 Å². The van der Waals surface area contributed by atoms with Crippen molar-refractivity contribution in [2.45, 2.75) is 0 Å². The molecule has 2 nitrogen and oxygen atoms in total. The summed E-state index contributed by atoms with van der Waals surface area (Å²) in [7, 11) is 0. The van der Waals surface area contributed by atoms with Crippen LogP contribution >= 0.6 is 11.3 Å². The molecule has 0 radical (unpaired) electrons.